The van der Waals surface area contributed by atoms with Crippen LogP contribution in [0, 0.1) is 27.7 Å². The standard InChI is InChI=1S/C16H21ClN6O/c1-10-9-11(2)22(20-10)7-5-14-18-19-15(24-14)6-8-23-13(4)16(17)12(3)21-23/h9H,5-8H2,1-4H3. The van der Waals surface area contributed by atoms with E-state index in [2.05, 4.69) is 26.5 Å². The summed E-state index contributed by atoms with van der Waals surface area (Å²) in [5, 5.41) is 17.8. The van der Waals surface area contributed by atoms with Gasteiger partial charge in [-0.15, -0.1) is 10.2 Å². The highest BCUT2D eigenvalue weighted by molar-refractivity contribution is 6.31. The fraction of sp³-hybridized carbons (Fsp3) is 0.500. The van der Waals surface area contributed by atoms with Crippen LogP contribution in [-0.4, -0.2) is 29.8 Å². The first-order valence-corrected chi connectivity index (χ1v) is 8.33. The molecule has 0 radical (unpaired) electrons. The molecule has 3 rings (SSSR count). The Labute approximate surface area is 145 Å². The molecule has 24 heavy (non-hydrogen) atoms. The summed E-state index contributed by atoms with van der Waals surface area (Å²) in [7, 11) is 0. The second kappa shape index (κ2) is 6.76. The first kappa shape index (κ1) is 16.7. The van der Waals surface area contributed by atoms with Crippen LogP contribution in [0.4, 0.5) is 0 Å². The first-order chi connectivity index (χ1) is 11.4. The van der Waals surface area contributed by atoms with E-state index in [1.165, 1.54) is 0 Å². The zero-order valence-corrected chi connectivity index (χ0v) is 15.1. The lowest BCUT2D eigenvalue weighted by Crippen LogP contribution is -2.05. The lowest BCUT2D eigenvalue weighted by molar-refractivity contribution is 0.417. The van der Waals surface area contributed by atoms with Gasteiger partial charge in [-0.2, -0.15) is 10.2 Å². The third kappa shape index (κ3) is 3.51. The van der Waals surface area contributed by atoms with E-state index in [9.17, 15) is 0 Å². The maximum Gasteiger partial charge on any atom is 0.218 e. The third-order valence-corrected chi connectivity index (χ3v) is 4.53. The molecule has 128 valence electrons. The highest BCUT2D eigenvalue weighted by Gasteiger charge is 2.12. The lowest BCUT2D eigenvalue weighted by Gasteiger charge is -2.02. The van der Waals surface area contributed by atoms with Crippen molar-refractivity contribution in [3.63, 3.8) is 0 Å². The predicted octanol–water partition coefficient (Wildman–Crippen LogP) is 2.84. The molecule has 8 heteroatoms. The summed E-state index contributed by atoms with van der Waals surface area (Å²) in [5.41, 5.74) is 3.94. The summed E-state index contributed by atoms with van der Waals surface area (Å²) in [6.45, 7) is 9.27. The molecular weight excluding hydrogens is 328 g/mol. The molecule has 3 heterocycles. The van der Waals surface area contributed by atoms with Gasteiger partial charge < -0.3 is 4.42 Å². The molecule has 0 saturated carbocycles. The van der Waals surface area contributed by atoms with Gasteiger partial charge in [0.15, 0.2) is 0 Å². The summed E-state index contributed by atoms with van der Waals surface area (Å²) < 4.78 is 9.54. The van der Waals surface area contributed by atoms with E-state index in [0.717, 1.165) is 29.3 Å². The SMILES string of the molecule is Cc1cc(C)n(CCc2nnc(CCn3nc(C)c(Cl)c3C)o2)n1. The number of halogens is 1. The molecule has 7 nitrogen and oxygen atoms in total. The third-order valence-electron chi connectivity index (χ3n) is 3.98. The van der Waals surface area contributed by atoms with Crippen molar-refractivity contribution >= 4 is 11.6 Å². The lowest BCUT2D eigenvalue weighted by atomic mass is 10.4. The van der Waals surface area contributed by atoms with Crippen molar-refractivity contribution in [1.29, 1.82) is 0 Å². The van der Waals surface area contributed by atoms with Gasteiger partial charge in [-0.1, -0.05) is 11.6 Å². The quantitative estimate of drug-likeness (QED) is 0.684. The van der Waals surface area contributed by atoms with Crippen molar-refractivity contribution in [1.82, 2.24) is 29.8 Å². The van der Waals surface area contributed by atoms with Crippen LogP contribution in [0.1, 0.15) is 34.6 Å². The normalized spacial score (nSPS) is 11.4. The number of aromatic nitrogens is 6. The second-order valence-electron chi connectivity index (χ2n) is 5.95. The zero-order valence-electron chi connectivity index (χ0n) is 14.4. The molecule has 0 aliphatic rings. The van der Waals surface area contributed by atoms with Crippen molar-refractivity contribution in [2.75, 3.05) is 0 Å². The molecule has 0 amide bonds. The average molecular weight is 349 g/mol. The Morgan fingerprint density at radius 2 is 1.58 bits per heavy atom. The van der Waals surface area contributed by atoms with Crippen molar-refractivity contribution < 1.29 is 4.42 Å². The van der Waals surface area contributed by atoms with Crippen molar-refractivity contribution in [3.8, 4) is 0 Å². The van der Waals surface area contributed by atoms with Crippen molar-refractivity contribution in [2.45, 2.75) is 53.6 Å². The van der Waals surface area contributed by atoms with Gasteiger partial charge in [0.1, 0.15) is 0 Å². The summed E-state index contributed by atoms with van der Waals surface area (Å²) in [6.07, 6.45) is 1.30. The van der Waals surface area contributed by atoms with Crippen molar-refractivity contribution in [2.24, 2.45) is 0 Å². The molecule has 3 aromatic rings. The molecule has 3 aromatic heterocycles. The van der Waals surface area contributed by atoms with Crippen LogP contribution in [0.25, 0.3) is 0 Å². The van der Waals surface area contributed by atoms with Gasteiger partial charge in [-0.25, -0.2) is 0 Å². The molecule has 0 N–H and O–H groups in total. The summed E-state index contributed by atoms with van der Waals surface area (Å²) in [5.74, 6) is 1.24. The Morgan fingerprint density at radius 3 is 2.08 bits per heavy atom. The number of nitrogens with zero attached hydrogens (tertiary/aromatic N) is 6. The smallest absolute Gasteiger partial charge is 0.218 e. The number of aryl methyl sites for hydroxylation is 7. The van der Waals surface area contributed by atoms with E-state index in [1.54, 1.807) is 0 Å². The monoisotopic (exact) mass is 348 g/mol. The summed E-state index contributed by atoms with van der Waals surface area (Å²) in [6, 6.07) is 2.05. The van der Waals surface area contributed by atoms with E-state index in [1.807, 2.05) is 37.1 Å². The molecule has 0 fully saturated rings. The van der Waals surface area contributed by atoms with E-state index >= 15 is 0 Å². The fourth-order valence-electron chi connectivity index (χ4n) is 2.69. The van der Waals surface area contributed by atoms with Gasteiger partial charge in [0.25, 0.3) is 0 Å². The van der Waals surface area contributed by atoms with Crippen LogP contribution < -0.4 is 0 Å². The minimum atomic E-state index is 0.613. The minimum absolute atomic E-state index is 0.613. The van der Waals surface area contributed by atoms with E-state index in [-0.39, 0.29) is 0 Å². The number of hydrogen-bond donors (Lipinski definition) is 0. The Bertz CT molecular complexity index is 847. The van der Waals surface area contributed by atoms with Crippen LogP contribution in [0.5, 0.6) is 0 Å². The van der Waals surface area contributed by atoms with Gasteiger partial charge >= 0.3 is 0 Å². The maximum absolute atomic E-state index is 6.16. The van der Waals surface area contributed by atoms with Gasteiger partial charge in [-0.05, 0) is 33.8 Å². The van der Waals surface area contributed by atoms with Crippen molar-refractivity contribution in [3.05, 3.63) is 45.6 Å². The average Bonchev–Trinajstić information content (AvgIpc) is 3.19. The Kier molecular flexibility index (Phi) is 4.71. The van der Waals surface area contributed by atoms with Crippen LogP contribution in [0.15, 0.2) is 10.5 Å². The highest BCUT2D eigenvalue weighted by Crippen LogP contribution is 2.19. The Balaban J connectivity index is 1.57. The highest BCUT2D eigenvalue weighted by atomic mass is 35.5. The van der Waals surface area contributed by atoms with Crippen LogP contribution >= 0.6 is 11.6 Å². The molecule has 0 atom stereocenters. The Morgan fingerprint density at radius 1 is 0.958 bits per heavy atom. The molecule has 0 aromatic carbocycles. The van der Waals surface area contributed by atoms with Gasteiger partial charge in [0.05, 0.1) is 22.1 Å². The van der Waals surface area contributed by atoms with Gasteiger partial charge in [0, 0.05) is 31.6 Å². The van der Waals surface area contributed by atoms with Gasteiger partial charge in [0.2, 0.25) is 11.8 Å². The molecule has 0 unspecified atom stereocenters. The minimum Gasteiger partial charge on any atom is -0.425 e. The van der Waals surface area contributed by atoms with Crippen LogP contribution in [0.3, 0.4) is 0 Å². The Hall–Kier alpha value is -2.15. The van der Waals surface area contributed by atoms with E-state index in [4.69, 9.17) is 16.0 Å². The molecule has 0 aliphatic carbocycles. The molecule has 0 spiro atoms. The predicted molar refractivity (Wildman–Crippen MR) is 90.1 cm³/mol. The van der Waals surface area contributed by atoms with E-state index < -0.39 is 0 Å². The summed E-state index contributed by atoms with van der Waals surface area (Å²) >= 11 is 6.16. The van der Waals surface area contributed by atoms with Gasteiger partial charge in [-0.3, -0.25) is 9.36 Å². The van der Waals surface area contributed by atoms with Crippen LogP contribution in [0.2, 0.25) is 5.02 Å². The summed E-state index contributed by atoms with van der Waals surface area (Å²) in [4.78, 5) is 0. The maximum atomic E-state index is 6.16. The molecule has 0 aliphatic heterocycles. The zero-order chi connectivity index (χ0) is 17.3. The number of hydrogen-bond acceptors (Lipinski definition) is 5. The van der Waals surface area contributed by atoms with E-state index in [0.29, 0.717) is 36.2 Å². The molecular formula is C16H21ClN6O. The second-order valence-corrected chi connectivity index (χ2v) is 6.33. The topological polar surface area (TPSA) is 74.6 Å². The first-order valence-electron chi connectivity index (χ1n) is 7.96. The number of rotatable bonds is 6. The largest absolute Gasteiger partial charge is 0.425 e. The van der Waals surface area contributed by atoms with Crippen LogP contribution in [-0.2, 0) is 25.9 Å². The fourth-order valence-corrected chi connectivity index (χ4v) is 2.82. The molecule has 0 saturated heterocycles. The molecule has 0 bridgehead atoms.